The number of rotatable bonds is 6. The Morgan fingerprint density at radius 3 is 2.78 bits per heavy atom. The SMILES string of the molecule is O=C(CCC1NC(=O)N(Cc2cccc(F)c2)C1=O)NC1CCS(=O)(=O)C1. The second-order valence-electron chi connectivity index (χ2n) is 6.76. The minimum atomic E-state index is -3.09. The van der Waals surface area contributed by atoms with Gasteiger partial charge in [-0.05, 0) is 30.5 Å². The van der Waals surface area contributed by atoms with Crippen LogP contribution >= 0.6 is 0 Å². The molecule has 8 nitrogen and oxygen atoms in total. The van der Waals surface area contributed by atoms with E-state index in [0.29, 0.717) is 12.0 Å². The van der Waals surface area contributed by atoms with Crippen LogP contribution in [-0.4, -0.2) is 54.8 Å². The number of imide groups is 1. The average Bonchev–Trinajstić information content (AvgIpc) is 3.06. The molecule has 4 amide bonds. The van der Waals surface area contributed by atoms with E-state index in [1.54, 1.807) is 6.07 Å². The first-order chi connectivity index (χ1) is 12.7. The summed E-state index contributed by atoms with van der Waals surface area (Å²) in [6.45, 7) is -0.0505. The second-order valence-corrected chi connectivity index (χ2v) is 8.99. The standard InChI is InChI=1S/C17H20FN3O5S/c18-12-3-1-2-11(8-12)9-21-16(23)14(20-17(21)24)4-5-15(22)19-13-6-7-27(25,26)10-13/h1-3,8,13-14H,4-7,9-10H2,(H,19,22)(H,20,24). The lowest BCUT2D eigenvalue weighted by Gasteiger charge is -2.14. The van der Waals surface area contributed by atoms with Crippen molar-refractivity contribution >= 4 is 27.7 Å². The summed E-state index contributed by atoms with van der Waals surface area (Å²) in [7, 11) is -3.09. The van der Waals surface area contributed by atoms with Crippen LogP contribution in [0.2, 0.25) is 0 Å². The van der Waals surface area contributed by atoms with E-state index in [4.69, 9.17) is 0 Å². The molecule has 10 heteroatoms. The summed E-state index contributed by atoms with van der Waals surface area (Å²) in [4.78, 5) is 37.4. The van der Waals surface area contributed by atoms with Crippen LogP contribution in [0.4, 0.5) is 9.18 Å². The number of amides is 4. The van der Waals surface area contributed by atoms with Crippen LogP contribution < -0.4 is 10.6 Å². The second kappa shape index (κ2) is 7.63. The van der Waals surface area contributed by atoms with Crippen LogP contribution in [0, 0.1) is 5.82 Å². The summed E-state index contributed by atoms with van der Waals surface area (Å²) < 4.78 is 36.1. The monoisotopic (exact) mass is 397 g/mol. The number of benzene rings is 1. The Morgan fingerprint density at radius 2 is 2.11 bits per heavy atom. The van der Waals surface area contributed by atoms with Gasteiger partial charge < -0.3 is 10.6 Å². The van der Waals surface area contributed by atoms with Gasteiger partial charge in [0, 0.05) is 12.5 Å². The van der Waals surface area contributed by atoms with Gasteiger partial charge in [0.25, 0.3) is 5.91 Å². The number of urea groups is 1. The van der Waals surface area contributed by atoms with Crippen molar-refractivity contribution in [2.45, 2.75) is 37.9 Å². The molecular formula is C17H20FN3O5S. The molecule has 3 rings (SSSR count). The lowest BCUT2D eigenvalue weighted by Crippen LogP contribution is -2.37. The first kappa shape index (κ1) is 19.3. The Balaban J connectivity index is 1.50. The highest BCUT2D eigenvalue weighted by Gasteiger charge is 2.38. The summed E-state index contributed by atoms with van der Waals surface area (Å²) in [5.74, 6) is -1.30. The van der Waals surface area contributed by atoms with Gasteiger partial charge >= 0.3 is 6.03 Å². The fraction of sp³-hybridized carbons (Fsp3) is 0.471. The van der Waals surface area contributed by atoms with Crippen molar-refractivity contribution in [1.29, 1.82) is 0 Å². The molecule has 2 fully saturated rings. The number of halogens is 1. The first-order valence-electron chi connectivity index (χ1n) is 8.59. The van der Waals surface area contributed by atoms with Gasteiger partial charge in [-0.25, -0.2) is 17.6 Å². The Kier molecular flexibility index (Phi) is 5.45. The number of sulfone groups is 1. The molecule has 2 saturated heterocycles. The van der Waals surface area contributed by atoms with Crippen molar-refractivity contribution in [1.82, 2.24) is 15.5 Å². The summed E-state index contributed by atoms with van der Waals surface area (Å²) in [6, 6.07) is 3.80. The zero-order valence-corrected chi connectivity index (χ0v) is 15.3. The Hall–Kier alpha value is -2.49. The molecule has 2 aliphatic heterocycles. The number of carbonyl (C=O) groups is 3. The molecule has 146 valence electrons. The summed E-state index contributed by atoms with van der Waals surface area (Å²) in [5, 5.41) is 5.16. The molecule has 27 heavy (non-hydrogen) atoms. The zero-order chi connectivity index (χ0) is 19.6. The fourth-order valence-corrected chi connectivity index (χ4v) is 4.90. The molecular weight excluding hydrogens is 377 g/mol. The molecule has 1 aromatic carbocycles. The van der Waals surface area contributed by atoms with Gasteiger partial charge in [-0.1, -0.05) is 12.1 Å². The molecule has 1 aromatic rings. The molecule has 2 aliphatic rings. The van der Waals surface area contributed by atoms with Crippen LogP contribution in [0.1, 0.15) is 24.8 Å². The summed E-state index contributed by atoms with van der Waals surface area (Å²) in [5.41, 5.74) is 0.485. The van der Waals surface area contributed by atoms with Crippen molar-refractivity contribution in [2.24, 2.45) is 0 Å². The Bertz CT molecular complexity index is 873. The minimum Gasteiger partial charge on any atom is -0.352 e. The molecule has 0 aromatic heterocycles. The van der Waals surface area contributed by atoms with Crippen LogP contribution in [0.25, 0.3) is 0 Å². The molecule has 2 unspecified atom stereocenters. The normalized spacial score (nSPS) is 24.1. The topological polar surface area (TPSA) is 113 Å². The molecule has 0 bridgehead atoms. The highest BCUT2D eigenvalue weighted by atomic mass is 32.2. The van der Waals surface area contributed by atoms with E-state index in [1.165, 1.54) is 18.2 Å². The minimum absolute atomic E-state index is 0.0129. The predicted octanol–water partition coefficient (Wildman–Crippen LogP) is 0.330. The molecule has 0 aliphatic carbocycles. The van der Waals surface area contributed by atoms with E-state index in [0.717, 1.165) is 4.90 Å². The van der Waals surface area contributed by atoms with E-state index in [1.807, 2.05) is 0 Å². The number of nitrogens with zero attached hydrogens (tertiary/aromatic N) is 1. The predicted molar refractivity (Wildman–Crippen MR) is 93.7 cm³/mol. The third-order valence-electron chi connectivity index (χ3n) is 4.59. The molecule has 2 atom stereocenters. The van der Waals surface area contributed by atoms with Gasteiger partial charge in [-0.3, -0.25) is 14.5 Å². The van der Waals surface area contributed by atoms with Gasteiger partial charge in [-0.15, -0.1) is 0 Å². The number of nitrogens with one attached hydrogen (secondary N) is 2. The maximum atomic E-state index is 13.3. The van der Waals surface area contributed by atoms with Crippen molar-refractivity contribution in [3.8, 4) is 0 Å². The zero-order valence-electron chi connectivity index (χ0n) is 14.5. The number of hydrogen-bond acceptors (Lipinski definition) is 5. The highest BCUT2D eigenvalue weighted by molar-refractivity contribution is 7.91. The van der Waals surface area contributed by atoms with Crippen LogP contribution in [-0.2, 0) is 26.0 Å². The molecule has 0 saturated carbocycles. The highest BCUT2D eigenvalue weighted by Crippen LogP contribution is 2.16. The van der Waals surface area contributed by atoms with E-state index in [2.05, 4.69) is 10.6 Å². The molecule has 2 heterocycles. The first-order valence-corrected chi connectivity index (χ1v) is 10.4. The van der Waals surface area contributed by atoms with Gasteiger partial charge in [0.2, 0.25) is 5.91 Å². The average molecular weight is 397 g/mol. The van der Waals surface area contributed by atoms with E-state index >= 15 is 0 Å². The molecule has 0 spiro atoms. The lowest BCUT2D eigenvalue weighted by atomic mass is 10.1. The summed E-state index contributed by atoms with van der Waals surface area (Å²) >= 11 is 0. The van der Waals surface area contributed by atoms with Gasteiger partial charge in [0.1, 0.15) is 11.9 Å². The number of hydrogen-bond donors (Lipinski definition) is 2. The molecule has 2 N–H and O–H groups in total. The Morgan fingerprint density at radius 1 is 1.33 bits per heavy atom. The third kappa shape index (κ3) is 4.82. The molecule has 0 radical (unpaired) electrons. The quantitative estimate of drug-likeness (QED) is 0.672. The van der Waals surface area contributed by atoms with Crippen LogP contribution in [0.3, 0.4) is 0 Å². The Labute approximate surface area is 156 Å². The third-order valence-corrected chi connectivity index (χ3v) is 6.36. The van der Waals surface area contributed by atoms with E-state index in [9.17, 15) is 27.2 Å². The van der Waals surface area contributed by atoms with Crippen molar-refractivity contribution in [3.05, 3.63) is 35.6 Å². The van der Waals surface area contributed by atoms with Gasteiger partial charge in [0.05, 0.1) is 18.1 Å². The lowest BCUT2D eigenvalue weighted by molar-refractivity contribution is -0.128. The van der Waals surface area contributed by atoms with Gasteiger partial charge in [-0.2, -0.15) is 0 Å². The number of carbonyl (C=O) groups excluding carboxylic acids is 3. The fourth-order valence-electron chi connectivity index (χ4n) is 3.22. The maximum Gasteiger partial charge on any atom is 0.325 e. The van der Waals surface area contributed by atoms with Crippen molar-refractivity contribution in [3.63, 3.8) is 0 Å². The largest absolute Gasteiger partial charge is 0.352 e. The van der Waals surface area contributed by atoms with Gasteiger partial charge in [0.15, 0.2) is 9.84 Å². The van der Waals surface area contributed by atoms with E-state index < -0.39 is 39.7 Å². The van der Waals surface area contributed by atoms with Crippen LogP contribution in [0.5, 0.6) is 0 Å². The van der Waals surface area contributed by atoms with E-state index in [-0.39, 0.29) is 36.8 Å². The summed E-state index contributed by atoms with van der Waals surface area (Å²) in [6.07, 6.45) is 0.477. The van der Waals surface area contributed by atoms with Crippen molar-refractivity contribution in [2.75, 3.05) is 11.5 Å². The maximum absolute atomic E-state index is 13.3. The van der Waals surface area contributed by atoms with Crippen molar-refractivity contribution < 1.29 is 27.2 Å². The smallest absolute Gasteiger partial charge is 0.325 e. The van der Waals surface area contributed by atoms with Crippen LogP contribution in [0.15, 0.2) is 24.3 Å².